The van der Waals surface area contributed by atoms with E-state index in [2.05, 4.69) is 12.2 Å². The molecule has 96 valence electrons. The summed E-state index contributed by atoms with van der Waals surface area (Å²) in [6.45, 7) is 8.21. The van der Waals surface area contributed by atoms with Gasteiger partial charge in [-0.2, -0.15) is 4.31 Å². The normalized spacial score (nSPS) is 28.2. The molecule has 1 heterocycles. The molecule has 5 heteroatoms. The molecule has 2 unspecified atom stereocenters. The van der Waals surface area contributed by atoms with Crippen molar-refractivity contribution in [2.24, 2.45) is 5.92 Å². The Bertz CT molecular complexity index is 303. The average Bonchev–Trinajstić information content (AvgIpc) is 2.22. The van der Waals surface area contributed by atoms with Gasteiger partial charge in [0.05, 0.1) is 5.75 Å². The molecule has 0 spiro atoms. The van der Waals surface area contributed by atoms with Crippen molar-refractivity contribution in [1.29, 1.82) is 0 Å². The first-order valence-corrected chi connectivity index (χ1v) is 7.80. The monoisotopic (exact) mass is 248 g/mol. The van der Waals surface area contributed by atoms with Gasteiger partial charge in [0.2, 0.25) is 10.0 Å². The fraction of sp³-hybridized carbons (Fsp3) is 1.00. The number of rotatable bonds is 5. The Morgan fingerprint density at radius 1 is 1.38 bits per heavy atom. The Morgan fingerprint density at radius 2 is 2.06 bits per heavy atom. The molecular formula is C11H24N2O2S. The average molecular weight is 248 g/mol. The Morgan fingerprint density at radius 3 is 2.69 bits per heavy atom. The molecule has 16 heavy (non-hydrogen) atoms. The van der Waals surface area contributed by atoms with Crippen LogP contribution < -0.4 is 5.32 Å². The Labute approximate surface area is 99.5 Å². The molecule has 0 aromatic carbocycles. The minimum Gasteiger partial charge on any atom is -0.316 e. The number of sulfonamides is 1. The minimum atomic E-state index is -3.07. The second-order valence-electron chi connectivity index (χ2n) is 4.64. The van der Waals surface area contributed by atoms with E-state index >= 15 is 0 Å². The van der Waals surface area contributed by atoms with E-state index < -0.39 is 10.0 Å². The number of piperidine rings is 1. The summed E-state index contributed by atoms with van der Waals surface area (Å²) in [4.78, 5) is 0. The van der Waals surface area contributed by atoms with E-state index in [1.54, 1.807) is 4.31 Å². The highest BCUT2D eigenvalue weighted by molar-refractivity contribution is 7.89. The van der Waals surface area contributed by atoms with Gasteiger partial charge in [-0.3, -0.25) is 0 Å². The van der Waals surface area contributed by atoms with Crippen LogP contribution in [0.25, 0.3) is 0 Å². The van der Waals surface area contributed by atoms with Gasteiger partial charge in [-0.1, -0.05) is 13.8 Å². The molecule has 0 bridgehead atoms. The topological polar surface area (TPSA) is 49.4 Å². The number of nitrogens with zero attached hydrogens (tertiary/aromatic N) is 1. The summed E-state index contributed by atoms with van der Waals surface area (Å²) in [5.41, 5.74) is 0. The number of hydrogen-bond acceptors (Lipinski definition) is 3. The molecule has 0 radical (unpaired) electrons. The van der Waals surface area contributed by atoms with Gasteiger partial charge in [-0.05, 0) is 32.2 Å². The van der Waals surface area contributed by atoms with E-state index in [-0.39, 0.29) is 11.8 Å². The predicted molar refractivity (Wildman–Crippen MR) is 66.9 cm³/mol. The minimum absolute atomic E-state index is 0.153. The number of nitrogens with one attached hydrogen (secondary N) is 1. The van der Waals surface area contributed by atoms with Gasteiger partial charge < -0.3 is 5.32 Å². The zero-order chi connectivity index (χ0) is 12.2. The number of hydrogen-bond donors (Lipinski definition) is 1. The van der Waals surface area contributed by atoms with Crippen molar-refractivity contribution in [3.63, 3.8) is 0 Å². The Kier molecular flexibility index (Phi) is 5.21. The van der Waals surface area contributed by atoms with Crippen molar-refractivity contribution in [2.75, 3.05) is 25.4 Å². The highest BCUT2D eigenvalue weighted by Gasteiger charge is 2.32. The molecular weight excluding hydrogens is 224 g/mol. The van der Waals surface area contributed by atoms with Crippen LogP contribution in [0, 0.1) is 5.92 Å². The molecule has 1 aliphatic heterocycles. The van der Waals surface area contributed by atoms with Crippen molar-refractivity contribution >= 4 is 10.0 Å². The van der Waals surface area contributed by atoms with Crippen molar-refractivity contribution in [3.8, 4) is 0 Å². The van der Waals surface area contributed by atoms with Crippen LogP contribution in [0.4, 0.5) is 0 Å². The summed E-state index contributed by atoms with van der Waals surface area (Å²) in [5, 5.41) is 3.06. The molecule has 0 aliphatic carbocycles. The standard InChI is InChI=1S/C11H24N2O2S/c1-4-12-7-9-16(14,15)13-8-5-6-10(2)11(13)3/h10-12H,4-9H2,1-3H3. The van der Waals surface area contributed by atoms with Crippen molar-refractivity contribution in [2.45, 2.75) is 39.7 Å². The van der Waals surface area contributed by atoms with Gasteiger partial charge in [0.25, 0.3) is 0 Å². The summed E-state index contributed by atoms with van der Waals surface area (Å²) >= 11 is 0. The maximum Gasteiger partial charge on any atom is 0.215 e. The summed E-state index contributed by atoms with van der Waals surface area (Å²) in [5.74, 6) is 0.695. The van der Waals surface area contributed by atoms with E-state index in [0.29, 0.717) is 19.0 Å². The molecule has 1 aliphatic rings. The first kappa shape index (κ1) is 13.9. The van der Waals surface area contributed by atoms with Gasteiger partial charge in [-0.25, -0.2) is 8.42 Å². The third-order valence-corrected chi connectivity index (χ3v) is 5.41. The molecule has 1 fully saturated rings. The van der Waals surface area contributed by atoms with Gasteiger partial charge in [0.1, 0.15) is 0 Å². The second kappa shape index (κ2) is 5.98. The summed E-state index contributed by atoms with van der Waals surface area (Å²) < 4.78 is 25.9. The highest BCUT2D eigenvalue weighted by atomic mass is 32.2. The highest BCUT2D eigenvalue weighted by Crippen LogP contribution is 2.25. The van der Waals surface area contributed by atoms with Gasteiger partial charge >= 0.3 is 0 Å². The fourth-order valence-electron chi connectivity index (χ4n) is 2.19. The van der Waals surface area contributed by atoms with Crippen LogP contribution in [-0.4, -0.2) is 44.2 Å². The molecule has 0 saturated carbocycles. The van der Waals surface area contributed by atoms with Crippen LogP contribution in [0.2, 0.25) is 0 Å². The molecule has 1 N–H and O–H groups in total. The first-order valence-electron chi connectivity index (χ1n) is 6.19. The summed E-state index contributed by atoms with van der Waals surface area (Å²) in [6.07, 6.45) is 2.13. The lowest BCUT2D eigenvalue weighted by molar-refractivity contribution is 0.202. The van der Waals surface area contributed by atoms with Crippen LogP contribution >= 0.6 is 0 Å². The Balaban J connectivity index is 2.59. The van der Waals surface area contributed by atoms with E-state index in [1.807, 2.05) is 13.8 Å². The van der Waals surface area contributed by atoms with Crippen molar-refractivity contribution in [3.05, 3.63) is 0 Å². The van der Waals surface area contributed by atoms with E-state index in [9.17, 15) is 8.42 Å². The van der Waals surface area contributed by atoms with E-state index in [4.69, 9.17) is 0 Å². The molecule has 4 nitrogen and oxygen atoms in total. The molecule has 0 amide bonds. The lowest BCUT2D eigenvalue weighted by Gasteiger charge is -2.36. The zero-order valence-corrected chi connectivity index (χ0v) is 11.4. The van der Waals surface area contributed by atoms with Crippen LogP contribution in [0.1, 0.15) is 33.6 Å². The van der Waals surface area contributed by atoms with Crippen LogP contribution in [0.3, 0.4) is 0 Å². The molecule has 0 aromatic heterocycles. The Hall–Kier alpha value is -0.130. The molecule has 1 saturated heterocycles. The van der Waals surface area contributed by atoms with E-state index in [1.165, 1.54) is 0 Å². The van der Waals surface area contributed by atoms with Crippen molar-refractivity contribution < 1.29 is 8.42 Å². The SMILES string of the molecule is CCNCCS(=O)(=O)N1CCCC(C)C1C. The van der Waals surface area contributed by atoms with Gasteiger partial charge in [0, 0.05) is 19.1 Å². The maximum absolute atomic E-state index is 12.1. The van der Waals surface area contributed by atoms with Crippen molar-refractivity contribution in [1.82, 2.24) is 9.62 Å². The summed E-state index contributed by atoms with van der Waals surface area (Å²) in [7, 11) is -3.07. The molecule has 0 aromatic rings. The quantitative estimate of drug-likeness (QED) is 0.740. The lowest BCUT2D eigenvalue weighted by Crippen LogP contribution is -2.47. The molecule has 1 rings (SSSR count). The fourth-order valence-corrected chi connectivity index (χ4v) is 3.94. The third kappa shape index (κ3) is 3.43. The zero-order valence-electron chi connectivity index (χ0n) is 10.6. The molecule has 2 atom stereocenters. The van der Waals surface area contributed by atoms with Gasteiger partial charge in [0.15, 0.2) is 0 Å². The second-order valence-corrected chi connectivity index (χ2v) is 6.68. The summed E-state index contributed by atoms with van der Waals surface area (Å²) in [6, 6.07) is 0.153. The first-order chi connectivity index (χ1) is 7.49. The lowest BCUT2D eigenvalue weighted by atomic mass is 9.94. The van der Waals surface area contributed by atoms with E-state index in [0.717, 1.165) is 19.4 Å². The smallest absolute Gasteiger partial charge is 0.215 e. The maximum atomic E-state index is 12.1. The van der Waals surface area contributed by atoms with Gasteiger partial charge in [-0.15, -0.1) is 0 Å². The third-order valence-electron chi connectivity index (χ3n) is 3.46. The van der Waals surface area contributed by atoms with Crippen LogP contribution in [-0.2, 0) is 10.0 Å². The predicted octanol–water partition coefficient (Wildman–Crippen LogP) is 1.05. The largest absolute Gasteiger partial charge is 0.316 e. The van der Waals surface area contributed by atoms with Crippen LogP contribution in [0.15, 0.2) is 0 Å². The van der Waals surface area contributed by atoms with Crippen LogP contribution in [0.5, 0.6) is 0 Å².